The molecule has 7 heteroatoms. The minimum absolute atomic E-state index is 0.0386. The number of carbonyl (C=O) groups excluding carboxylic acids is 1. The number of benzene rings is 2. The summed E-state index contributed by atoms with van der Waals surface area (Å²) in [6, 6.07) is 12.7. The predicted molar refractivity (Wildman–Crippen MR) is 83.0 cm³/mol. The number of rotatable bonds is 4. The molecule has 0 heterocycles. The Morgan fingerprint density at radius 3 is 2.48 bits per heavy atom. The molecule has 21 heavy (non-hydrogen) atoms. The first kappa shape index (κ1) is 15.3. The van der Waals surface area contributed by atoms with Crippen LogP contribution in [-0.4, -0.2) is 20.1 Å². The molecule has 5 nitrogen and oxygen atoms in total. The molecule has 0 atom stereocenters. The third-order valence-electron chi connectivity index (χ3n) is 2.67. The summed E-state index contributed by atoms with van der Waals surface area (Å²) < 4.78 is 24.4. The van der Waals surface area contributed by atoms with E-state index < -0.39 is 21.5 Å². The highest BCUT2D eigenvalue weighted by Gasteiger charge is 2.22. The Labute approximate surface area is 127 Å². The van der Waals surface area contributed by atoms with E-state index in [1.807, 2.05) is 0 Å². The third-order valence-corrected chi connectivity index (χ3v) is 4.76. The van der Waals surface area contributed by atoms with Crippen molar-refractivity contribution in [1.82, 2.24) is 0 Å². The van der Waals surface area contributed by atoms with Crippen LogP contribution < -0.4 is 11.1 Å². The lowest BCUT2D eigenvalue weighted by atomic mass is 10.3. The van der Waals surface area contributed by atoms with E-state index in [-0.39, 0.29) is 15.6 Å². The molecule has 0 aliphatic carbocycles. The number of hydrogen-bond acceptors (Lipinski definition) is 4. The fourth-order valence-corrected chi connectivity index (χ4v) is 3.45. The molecule has 0 aromatic heterocycles. The van der Waals surface area contributed by atoms with E-state index in [1.165, 1.54) is 18.2 Å². The second-order valence-electron chi connectivity index (χ2n) is 4.36. The number of nitrogen functional groups attached to an aromatic ring is 1. The van der Waals surface area contributed by atoms with E-state index in [2.05, 4.69) is 5.32 Å². The monoisotopic (exact) mass is 324 g/mol. The van der Waals surface area contributed by atoms with Crippen LogP contribution in [0.5, 0.6) is 0 Å². The Morgan fingerprint density at radius 1 is 1.14 bits per heavy atom. The molecular weight excluding hydrogens is 312 g/mol. The van der Waals surface area contributed by atoms with Gasteiger partial charge in [0.1, 0.15) is 5.75 Å². The Morgan fingerprint density at radius 2 is 1.81 bits per heavy atom. The summed E-state index contributed by atoms with van der Waals surface area (Å²) in [5.74, 6) is -1.34. The number of sulfone groups is 1. The number of nitrogens with one attached hydrogen (secondary N) is 1. The smallest absolute Gasteiger partial charge is 0.239 e. The lowest BCUT2D eigenvalue weighted by molar-refractivity contribution is -0.113. The van der Waals surface area contributed by atoms with Crippen molar-refractivity contribution < 1.29 is 13.2 Å². The summed E-state index contributed by atoms with van der Waals surface area (Å²) in [4.78, 5) is 11.7. The highest BCUT2D eigenvalue weighted by atomic mass is 35.5. The average molecular weight is 325 g/mol. The van der Waals surface area contributed by atoms with E-state index in [0.29, 0.717) is 5.69 Å². The molecular formula is C14H13ClN2O3S. The lowest BCUT2D eigenvalue weighted by Crippen LogP contribution is -2.23. The topological polar surface area (TPSA) is 89.3 Å². The number of carbonyl (C=O) groups is 1. The lowest BCUT2D eigenvalue weighted by Gasteiger charge is -2.08. The molecule has 110 valence electrons. The largest absolute Gasteiger partial charge is 0.399 e. The quantitative estimate of drug-likeness (QED) is 0.845. The van der Waals surface area contributed by atoms with Gasteiger partial charge >= 0.3 is 0 Å². The molecule has 0 spiro atoms. The van der Waals surface area contributed by atoms with Crippen molar-refractivity contribution in [3.8, 4) is 0 Å². The van der Waals surface area contributed by atoms with Crippen LogP contribution in [0.15, 0.2) is 53.4 Å². The van der Waals surface area contributed by atoms with Crippen molar-refractivity contribution in [3.63, 3.8) is 0 Å². The number of para-hydroxylation sites is 1. The minimum Gasteiger partial charge on any atom is -0.399 e. The van der Waals surface area contributed by atoms with Gasteiger partial charge in [-0.2, -0.15) is 0 Å². The summed E-state index contributed by atoms with van der Waals surface area (Å²) in [6.07, 6.45) is 0. The summed E-state index contributed by atoms with van der Waals surface area (Å²) in [7, 11) is -3.86. The molecule has 0 aliphatic heterocycles. The van der Waals surface area contributed by atoms with Crippen molar-refractivity contribution in [2.75, 3.05) is 16.8 Å². The van der Waals surface area contributed by atoms with Crippen LogP contribution in [0.3, 0.4) is 0 Å². The maximum absolute atomic E-state index is 12.2. The summed E-state index contributed by atoms with van der Waals surface area (Å²) in [6.45, 7) is 0. The highest BCUT2D eigenvalue weighted by Crippen LogP contribution is 2.24. The fraction of sp³-hybridized carbons (Fsp3) is 0.0714. The molecule has 0 fully saturated rings. The summed E-state index contributed by atoms with van der Waals surface area (Å²) in [5, 5.41) is 2.55. The highest BCUT2D eigenvalue weighted by molar-refractivity contribution is 7.92. The van der Waals surface area contributed by atoms with Gasteiger partial charge in [-0.15, -0.1) is 0 Å². The molecule has 2 aromatic carbocycles. The zero-order valence-electron chi connectivity index (χ0n) is 10.9. The van der Waals surface area contributed by atoms with Gasteiger partial charge in [-0.1, -0.05) is 29.8 Å². The SMILES string of the molecule is Nc1ccc(Cl)c(S(=O)(=O)CC(=O)Nc2ccccc2)c1. The van der Waals surface area contributed by atoms with Crippen LogP contribution in [0, 0.1) is 0 Å². The molecule has 1 amide bonds. The fourth-order valence-electron chi connectivity index (χ4n) is 1.73. The van der Waals surface area contributed by atoms with Crippen LogP contribution in [-0.2, 0) is 14.6 Å². The summed E-state index contributed by atoms with van der Waals surface area (Å²) in [5.41, 5.74) is 6.34. The molecule has 0 saturated carbocycles. The first-order valence-corrected chi connectivity index (χ1v) is 8.04. The van der Waals surface area contributed by atoms with Gasteiger partial charge in [-0.05, 0) is 30.3 Å². The van der Waals surface area contributed by atoms with Crippen molar-refractivity contribution >= 4 is 38.7 Å². The van der Waals surface area contributed by atoms with Crippen LogP contribution >= 0.6 is 11.6 Å². The van der Waals surface area contributed by atoms with E-state index >= 15 is 0 Å². The van der Waals surface area contributed by atoms with Crippen LogP contribution in [0.4, 0.5) is 11.4 Å². The van der Waals surface area contributed by atoms with Crippen molar-refractivity contribution in [2.24, 2.45) is 0 Å². The van der Waals surface area contributed by atoms with Crippen LogP contribution in [0.1, 0.15) is 0 Å². The molecule has 0 unspecified atom stereocenters. The zero-order valence-corrected chi connectivity index (χ0v) is 12.5. The van der Waals surface area contributed by atoms with Gasteiger partial charge in [0.05, 0.1) is 9.92 Å². The second-order valence-corrected chi connectivity index (χ2v) is 6.73. The minimum atomic E-state index is -3.86. The zero-order chi connectivity index (χ0) is 15.5. The Hall–Kier alpha value is -2.05. The van der Waals surface area contributed by atoms with Gasteiger partial charge in [0.15, 0.2) is 9.84 Å². The Kier molecular flexibility index (Phi) is 4.50. The van der Waals surface area contributed by atoms with Gasteiger partial charge < -0.3 is 11.1 Å². The van der Waals surface area contributed by atoms with Crippen molar-refractivity contribution in [2.45, 2.75) is 4.90 Å². The first-order valence-electron chi connectivity index (χ1n) is 6.01. The third kappa shape index (κ3) is 3.96. The molecule has 3 N–H and O–H groups in total. The van der Waals surface area contributed by atoms with Crippen molar-refractivity contribution in [3.05, 3.63) is 53.6 Å². The van der Waals surface area contributed by atoms with Gasteiger partial charge in [0.2, 0.25) is 5.91 Å². The second kappa shape index (κ2) is 6.15. The van der Waals surface area contributed by atoms with Crippen LogP contribution in [0.2, 0.25) is 5.02 Å². The Bertz CT molecular complexity index is 761. The summed E-state index contributed by atoms with van der Waals surface area (Å²) >= 11 is 5.86. The molecule has 2 aromatic rings. The van der Waals surface area contributed by atoms with Gasteiger partial charge in [0, 0.05) is 11.4 Å². The van der Waals surface area contributed by atoms with E-state index in [1.54, 1.807) is 30.3 Å². The molecule has 0 radical (unpaired) electrons. The average Bonchev–Trinajstić information content (AvgIpc) is 2.41. The number of anilines is 2. The number of amides is 1. The maximum Gasteiger partial charge on any atom is 0.239 e. The van der Waals surface area contributed by atoms with Crippen LogP contribution in [0.25, 0.3) is 0 Å². The van der Waals surface area contributed by atoms with E-state index in [0.717, 1.165) is 0 Å². The van der Waals surface area contributed by atoms with Gasteiger partial charge in [-0.25, -0.2) is 8.42 Å². The van der Waals surface area contributed by atoms with E-state index in [9.17, 15) is 13.2 Å². The first-order chi connectivity index (χ1) is 9.88. The number of hydrogen-bond donors (Lipinski definition) is 2. The maximum atomic E-state index is 12.2. The standard InChI is InChI=1S/C14H13ClN2O3S/c15-12-7-6-10(16)8-13(12)21(19,20)9-14(18)17-11-4-2-1-3-5-11/h1-8H,9,16H2,(H,17,18). The number of halogens is 1. The van der Waals surface area contributed by atoms with Gasteiger partial charge in [-0.3, -0.25) is 4.79 Å². The van der Waals surface area contributed by atoms with Crippen molar-refractivity contribution in [1.29, 1.82) is 0 Å². The molecule has 2 rings (SSSR count). The molecule has 0 aliphatic rings. The van der Waals surface area contributed by atoms with Gasteiger partial charge in [0.25, 0.3) is 0 Å². The predicted octanol–water partition coefficient (Wildman–Crippen LogP) is 2.33. The molecule has 0 saturated heterocycles. The molecule has 0 bridgehead atoms. The van der Waals surface area contributed by atoms with E-state index in [4.69, 9.17) is 17.3 Å². The normalized spacial score (nSPS) is 11.1. The number of nitrogens with two attached hydrogens (primary N) is 1. The Balaban J connectivity index is 2.18.